The predicted molar refractivity (Wildman–Crippen MR) is 114 cm³/mol. The largest absolute Gasteiger partial charge is 0.337 e. The average Bonchev–Trinajstić information content (AvgIpc) is 3.34. The van der Waals surface area contributed by atoms with Crippen molar-refractivity contribution in [2.75, 3.05) is 18.6 Å². The van der Waals surface area contributed by atoms with E-state index >= 15 is 0 Å². The lowest BCUT2D eigenvalue weighted by molar-refractivity contribution is 0.0752. The maximum atomic E-state index is 12.8. The molecule has 2 heterocycles. The Morgan fingerprint density at radius 2 is 1.57 bits per heavy atom. The first-order chi connectivity index (χ1) is 13.4. The van der Waals surface area contributed by atoms with Crippen LogP contribution in [-0.4, -0.2) is 43.8 Å². The Labute approximate surface area is 169 Å². The number of carbonyl (C=O) groups is 1. The van der Waals surface area contributed by atoms with Gasteiger partial charge in [-0.3, -0.25) is 4.79 Å². The van der Waals surface area contributed by atoms with Gasteiger partial charge in [0.1, 0.15) is 0 Å². The summed E-state index contributed by atoms with van der Waals surface area (Å²) in [6.45, 7) is 0. The summed E-state index contributed by atoms with van der Waals surface area (Å²) in [5, 5.41) is 0. The third-order valence-corrected chi connectivity index (χ3v) is 8.04. The van der Waals surface area contributed by atoms with Gasteiger partial charge in [0.25, 0.3) is 5.91 Å². The normalized spacial score (nSPS) is 18.1. The minimum absolute atomic E-state index is 0.0639. The lowest BCUT2D eigenvalue weighted by Gasteiger charge is -2.22. The fourth-order valence-electron chi connectivity index (χ4n) is 3.49. The van der Waals surface area contributed by atoms with Gasteiger partial charge in [-0.15, -0.1) is 11.3 Å². The van der Waals surface area contributed by atoms with Gasteiger partial charge in [0.05, 0.1) is 16.4 Å². The molecule has 1 atom stereocenters. The van der Waals surface area contributed by atoms with Crippen LogP contribution in [0.5, 0.6) is 0 Å². The number of thiophene rings is 1. The van der Waals surface area contributed by atoms with E-state index in [1.165, 1.54) is 16.9 Å². The molecule has 0 aliphatic carbocycles. The fraction of sp³-hybridized carbons (Fsp3) is 0.227. The zero-order valence-corrected chi connectivity index (χ0v) is 17.2. The zero-order valence-electron chi connectivity index (χ0n) is 15.5. The van der Waals surface area contributed by atoms with Gasteiger partial charge in [-0.2, -0.15) is 0 Å². The molecule has 1 amide bonds. The number of hydrogen-bond acceptors (Lipinski definition) is 4. The lowest BCUT2D eigenvalue weighted by Crippen LogP contribution is -2.37. The Morgan fingerprint density at radius 1 is 0.929 bits per heavy atom. The number of nitrogens with zero attached hydrogens (tertiary/aromatic N) is 1. The molecule has 6 heteroatoms. The second-order valence-corrected chi connectivity index (χ2v) is 10.4. The molecule has 1 aliphatic heterocycles. The van der Waals surface area contributed by atoms with Crippen molar-refractivity contribution in [2.45, 2.75) is 12.5 Å². The summed E-state index contributed by atoms with van der Waals surface area (Å²) in [6.07, 6.45) is 0.518. The number of rotatable bonds is 4. The lowest BCUT2D eigenvalue weighted by atomic mass is 10.0. The minimum Gasteiger partial charge on any atom is -0.337 e. The van der Waals surface area contributed by atoms with Crippen molar-refractivity contribution >= 4 is 27.1 Å². The third kappa shape index (κ3) is 3.88. The molecule has 4 nitrogen and oxygen atoms in total. The van der Waals surface area contributed by atoms with Crippen molar-refractivity contribution in [3.8, 4) is 21.6 Å². The van der Waals surface area contributed by atoms with Gasteiger partial charge in [0, 0.05) is 18.0 Å². The summed E-state index contributed by atoms with van der Waals surface area (Å²) in [7, 11) is -1.32. The molecular weight excluding hydrogens is 390 g/mol. The topological polar surface area (TPSA) is 54.5 Å². The van der Waals surface area contributed by atoms with Crippen molar-refractivity contribution in [1.29, 1.82) is 0 Å². The molecule has 2 aromatic carbocycles. The summed E-state index contributed by atoms with van der Waals surface area (Å²) in [4.78, 5) is 16.0. The van der Waals surface area contributed by atoms with E-state index in [2.05, 4.69) is 36.4 Å². The molecule has 3 aromatic rings. The molecule has 0 spiro atoms. The van der Waals surface area contributed by atoms with E-state index in [0.29, 0.717) is 11.3 Å². The van der Waals surface area contributed by atoms with E-state index in [0.717, 1.165) is 16.0 Å². The molecular formula is C22H21NO3S2. The van der Waals surface area contributed by atoms with E-state index in [1.54, 1.807) is 11.9 Å². The maximum Gasteiger partial charge on any atom is 0.263 e. The molecule has 0 N–H and O–H groups in total. The second-order valence-electron chi connectivity index (χ2n) is 7.08. The molecule has 0 radical (unpaired) electrons. The van der Waals surface area contributed by atoms with Gasteiger partial charge >= 0.3 is 0 Å². The molecule has 0 unspecified atom stereocenters. The van der Waals surface area contributed by atoms with E-state index in [4.69, 9.17) is 0 Å². The first-order valence-electron chi connectivity index (χ1n) is 9.16. The van der Waals surface area contributed by atoms with Crippen LogP contribution >= 0.6 is 11.3 Å². The molecule has 4 rings (SSSR count). The van der Waals surface area contributed by atoms with Gasteiger partial charge in [0.2, 0.25) is 0 Å². The predicted octanol–water partition coefficient (Wildman–Crippen LogP) is 4.34. The van der Waals surface area contributed by atoms with Crippen molar-refractivity contribution in [3.05, 3.63) is 71.6 Å². The van der Waals surface area contributed by atoms with Gasteiger partial charge < -0.3 is 4.90 Å². The number of sulfone groups is 1. The highest BCUT2D eigenvalue weighted by atomic mass is 32.2. The summed E-state index contributed by atoms with van der Waals surface area (Å²) in [6, 6.07) is 22.1. The van der Waals surface area contributed by atoms with Crippen LogP contribution in [0, 0.1) is 0 Å². The SMILES string of the molecule is CN(C(=O)c1ccc(-c2ccc(-c3ccccc3)cc2)s1)[C@H]1CCS(=O)(=O)C1. The van der Waals surface area contributed by atoms with Gasteiger partial charge in [-0.05, 0) is 35.2 Å². The molecule has 0 bridgehead atoms. The highest BCUT2D eigenvalue weighted by molar-refractivity contribution is 7.91. The molecule has 0 saturated carbocycles. The highest BCUT2D eigenvalue weighted by Gasteiger charge is 2.33. The van der Waals surface area contributed by atoms with Crippen LogP contribution in [0.3, 0.4) is 0 Å². The van der Waals surface area contributed by atoms with E-state index < -0.39 is 9.84 Å². The average molecular weight is 412 g/mol. The van der Waals surface area contributed by atoms with Crippen LogP contribution in [0.4, 0.5) is 0 Å². The van der Waals surface area contributed by atoms with Crippen molar-refractivity contribution in [2.24, 2.45) is 0 Å². The Bertz CT molecular complexity index is 1090. The third-order valence-electron chi connectivity index (χ3n) is 5.17. The van der Waals surface area contributed by atoms with Crippen LogP contribution in [0.15, 0.2) is 66.7 Å². The molecule has 1 aliphatic rings. The summed E-state index contributed by atoms with van der Waals surface area (Å²) in [5.41, 5.74) is 3.39. The van der Waals surface area contributed by atoms with Gasteiger partial charge in [-0.1, -0.05) is 54.6 Å². The maximum absolute atomic E-state index is 12.8. The zero-order chi connectivity index (χ0) is 19.7. The Hall–Kier alpha value is -2.44. The number of hydrogen-bond donors (Lipinski definition) is 0. The molecule has 1 fully saturated rings. The van der Waals surface area contributed by atoms with E-state index in [-0.39, 0.29) is 23.5 Å². The van der Waals surface area contributed by atoms with Crippen LogP contribution in [0.25, 0.3) is 21.6 Å². The first-order valence-corrected chi connectivity index (χ1v) is 11.8. The van der Waals surface area contributed by atoms with Crippen LogP contribution in [0.2, 0.25) is 0 Å². The van der Waals surface area contributed by atoms with E-state index in [1.807, 2.05) is 30.3 Å². The molecule has 144 valence electrons. The quantitative estimate of drug-likeness (QED) is 0.642. The molecule has 28 heavy (non-hydrogen) atoms. The summed E-state index contributed by atoms with van der Waals surface area (Å²) < 4.78 is 23.4. The Balaban J connectivity index is 1.50. The Morgan fingerprint density at radius 3 is 2.21 bits per heavy atom. The Kier molecular flexibility index (Phi) is 5.08. The van der Waals surface area contributed by atoms with Crippen molar-refractivity contribution in [1.82, 2.24) is 4.90 Å². The number of benzene rings is 2. The summed E-state index contributed by atoms with van der Waals surface area (Å²) in [5.74, 6) is 0.118. The highest BCUT2D eigenvalue weighted by Crippen LogP contribution is 2.31. The molecule has 1 aromatic heterocycles. The standard InChI is InChI=1S/C22H21NO3S2/c1-23(19-13-14-28(25,26)15-19)22(24)21-12-11-20(27-21)18-9-7-17(8-10-18)16-5-3-2-4-6-16/h2-12,19H,13-15H2,1H3/t19-/m0/s1. The second kappa shape index (κ2) is 7.53. The monoisotopic (exact) mass is 411 g/mol. The minimum atomic E-state index is -3.01. The first kappa shape index (κ1) is 18.9. The van der Waals surface area contributed by atoms with Crippen molar-refractivity contribution < 1.29 is 13.2 Å². The van der Waals surface area contributed by atoms with Gasteiger partial charge in [0.15, 0.2) is 9.84 Å². The number of carbonyl (C=O) groups excluding carboxylic acids is 1. The fourth-order valence-corrected chi connectivity index (χ4v) is 6.25. The van der Waals surface area contributed by atoms with E-state index in [9.17, 15) is 13.2 Å². The number of amides is 1. The molecule has 1 saturated heterocycles. The smallest absolute Gasteiger partial charge is 0.263 e. The summed E-state index contributed by atoms with van der Waals surface area (Å²) >= 11 is 1.44. The van der Waals surface area contributed by atoms with Crippen LogP contribution < -0.4 is 0 Å². The van der Waals surface area contributed by atoms with Gasteiger partial charge in [-0.25, -0.2) is 8.42 Å². The van der Waals surface area contributed by atoms with Crippen LogP contribution in [0.1, 0.15) is 16.1 Å². The van der Waals surface area contributed by atoms with Crippen LogP contribution in [-0.2, 0) is 9.84 Å². The van der Waals surface area contributed by atoms with Crippen molar-refractivity contribution in [3.63, 3.8) is 0 Å².